The minimum Gasteiger partial charge on any atom is -0.382 e. The first-order valence-corrected chi connectivity index (χ1v) is 6.48. The van der Waals surface area contributed by atoms with Gasteiger partial charge in [0.2, 0.25) is 0 Å². The van der Waals surface area contributed by atoms with Gasteiger partial charge in [0.1, 0.15) is 0 Å². The summed E-state index contributed by atoms with van der Waals surface area (Å²) in [4.78, 5) is 0. The predicted molar refractivity (Wildman–Crippen MR) is 67.6 cm³/mol. The third-order valence-electron chi connectivity index (χ3n) is 3.86. The van der Waals surface area contributed by atoms with E-state index in [1.807, 2.05) is 0 Å². The van der Waals surface area contributed by atoms with Crippen LogP contribution in [0.4, 0.5) is 5.69 Å². The van der Waals surface area contributed by atoms with Crippen molar-refractivity contribution in [3.8, 4) is 0 Å². The zero-order valence-corrected chi connectivity index (χ0v) is 9.65. The number of piperidine rings is 2. The Balaban J connectivity index is 1.63. The average Bonchev–Trinajstić information content (AvgIpc) is 2.30. The fourth-order valence-corrected chi connectivity index (χ4v) is 3.15. The molecular formula is C14H20N2. The number of para-hydroxylation sites is 1. The predicted octanol–water partition coefficient (Wildman–Crippen LogP) is 2.77. The van der Waals surface area contributed by atoms with Gasteiger partial charge in [-0.1, -0.05) is 24.6 Å². The van der Waals surface area contributed by atoms with Gasteiger partial charge in [-0.05, 0) is 37.8 Å². The summed E-state index contributed by atoms with van der Waals surface area (Å²) < 4.78 is 0. The van der Waals surface area contributed by atoms with Gasteiger partial charge in [0.15, 0.2) is 0 Å². The summed E-state index contributed by atoms with van der Waals surface area (Å²) in [5.74, 6) is 0. The minimum atomic E-state index is 0.666. The van der Waals surface area contributed by atoms with E-state index in [2.05, 4.69) is 41.0 Å². The quantitative estimate of drug-likeness (QED) is 0.794. The summed E-state index contributed by atoms with van der Waals surface area (Å²) in [5, 5.41) is 7.40. The highest BCUT2D eigenvalue weighted by Crippen LogP contribution is 2.27. The van der Waals surface area contributed by atoms with E-state index in [-0.39, 0.29) is 0 Å². The monoisotopic (exact) mass is 216 g/mol. The molecule has 0 aliphatic carbocycles. The molecule has 2 heterocycles. The molecule has 0 radical (unpaired) electrons. The number of benzene rings is 1. The minimum absolute atomic E-state index is 0.666. The molecule has 3 rings (SSSR count). The lowest BCUT2D eigenvalue weighted by molar-refractivity contribution is 0.230. The molecular weight excluding hydrogens is 196 g/mol. The molecule has 1 aromatic rings. The Morgan fingerprint density at radius 2 is 1.69 bits per heavy atom. The molecule has 2 fully saturated rings. The van der Waals surface area contributed by atoms with E-state index in [0.717, 1.165) is 12.1 Å². The molecule has 0 aromatic heterocycles. The molecule has 1 aromatic carbocycles. The van der Waals surface area contributed by atoms with Crippen LogP contribution in [-0.4, -0.2) is 18.1 Å². The normalized spacial score (nSPS) is 33.4. The lowest BCUT2D eigenvalue weighted by Gasteiger charge is -2.40. The summed E-state index contributed by atoms with van der Waals surface area (Å²) in [6, 6.07) is 12.8. The number of anilines is 1. The Morgan fingerprint density at radius 3 is 2.38 bits per heavy atom. The second kappa shape index (κ2) is 4.46. The SMILES string of the molecule is c1ccc(NC2C[C@H]3CCC[C@@H](C2)N3)cc1. The van der Waals surface area contributed by atoms with Crippen LogP contribution in [0.1, 0.15) is 32.1 Å². The molecule has 86 valence electrons. The van der Waals surface area contributed by atoms with Crippen molar-refractivity contribution in [3.63, 3.8) is 0 Å². The maximum absolute atomic E-state index is 3.73. The number of fused-ring (bicyclic) bond motifs is 2. The second-order valence-corrected chi connectivity index (χ2v) is 5.17. The van der Waals surface area contributed by atoms with Gasteiger partial charge in [-0.15, -0.1) is 0 Å². The van der Waals surface area contributed by atoms with Crippen molar-refractivity contribution in [1.29, 1.82) is 0 Å². The van der Waals surface area contributed by atoms with Gasteiger partial charge in [0.25, 0.3) is 0 Å². The van der Waals surface area contributed by atoms with Crippen molar-refractivity contribution in [3.05, 3.63) is 30.3 Å². The van der Waals surface area contributed by atoms with Crippen molar-refractivity contribution in [2.75, 3.05) is 5.32 Å². The van der Waals surface area contributed by atoms with E-state index in [1.165, 1.54) is 37.8 Å². The molecule has 0 spiro atoms. The van der Waals surface area contributed by atoms with Crippen molar-refractivity contribution in [1.82, 2.24) is 5.32 Å². The molecule has 0 amide bonds. The molecule has 2 heteroatoms. The maximum Gasteiger partial charge on any atom is 0.0342 e. The molecule has 16 heavy (non-hydrogen) atoms. The molecule has 3 atom stereocenters. The van der Waals surface area contributed by atoms with Gasteiger partial charge in [-0.2, -0.15) is 0 Å². The van der Waals surface area contributed by atoms with Crippen LogP contribution >= 0.6 is 0 Å². The summed E-state index contributed by atoms with van der Waals surface area (Å²) in [6.07, 6.45) is 6.71. The lowest BCUT2D eigenvalue weighted by Crippen LogP contribution is -2.51. The van der Waals surface area contributed by atoms with E-state index >= 15 is 0 Å². The van der Waals surface area contributed by atoms with Gasteiger partial charge in [-0.25, -0.2) is 0 Å². The van der Waals surface area contributed by atoms with E-state index in [0.29, 0.717) is 6.04 Å². The van der Waals surface area contributed by atoms with Crippen LogP contribution in [0.15, 0.2) is 30.3 Å². The topological polar surface area (TPSA) is 24.1 Å². The van der Waals surface area contributed by atoms with Crippen LogP contribution in [0.25, 0.3) is 0 Å². The zero-order valence-electron chi connectivity index (χ0n) is 9.65. The Morgan fingerprint density at radius 1 is 1.00 bits per heavy atom. The Labute approximate surface area is 97.4 Å². The van der Waals surface area contributed by atoms with Crippen molar-refractivity contribution < 1.29 is 0 Å². The molecule has 2 aliphatic heterocycles. The fraction of sp³-hybridized carbons (Fsp3) is 0.571. The largest absolute Gasteiger partial charge is 0.382 e. The standard InChI is InChI=1S/C14H20N2/c1-2-5-11(6-3-1)15-14-9-12-7-4-8-13(10-14)16-12/h1-3,5-6,12-16H,4,7-10H2/t12-,13+,14?. The summed E-state index contributed by atoms with van der Waals surface area (Å²) in [7, 11) is 0. The molecule has 2 aliphatic rings. The third kappa shape index (κ3) is 2.22. The van der Waals surface area contributed by atoms with Gasteiger partial charge in [-0.3, -0.25) is 0 Å². The first kappa shape index (κ1) is 10.2. The zero-order chi connectivity index (χ0) is 10.8. The maximum atomic E-state index is 3.73. The number of hydrogen-bond donors (Lipinski definition) is 2. The molecule has 0 saturated carbocycles. The van der Waals surface area contributed by atoms with Crippen LogP contribution in [0, 0.1) is 0 Å². The summed E-state index contributed by atoms with van der Waals surface area (Å²) in [6.45, 7) is 0. The molecule has 2 bridgehead atoms. The Hall–Kier alpha value is -1.02. The molecule has 2 N–H and O–H groups in total. The lowest BCUT2D eigenvalue weighted by atomic mass is 9.84. The highest BCUT2D eigenvalue weighted by Gasteiger charge is 2.30. The number of hydrogen-bond acceptors (Lipinski definition) is 2. The van der Waals surface area contributed by atoms with Crippen LogP contribution in [-0.2, 0) is 0 Å². The average molecular weight is 216 g/mol. The molecule has 1 unspecified atom stereocenters. The summed E-state index contributed by atoms with van der Waals surface area (Å²) in [5.41, 5.74) is 1.27. The number of nitrogens with one attached hydrogen (secondary N) is 2. The van der Waals surface area contributed by atoms with E-state index < -0.39 is 0 Å². The fourth-order valence-electron chi connectivity index (χ4n) is 3.15. The highest BCUT2D eigenvalue weighted by molar-refractivity contribution is 5.43. The number of rotatable bonds is 2. The first-order valence-electron chi connectivity index (χ1n) is 6.48. The van der Waals surface area contributed by atoms with Crippen LogP contribution in [0.2, 0.25) is 0 Å². The molecule has 2 nitrogen and oxygen atoms in total. The first-order chi connectivity index (χ1) is 7.90. The van der Waals surface area contributed by atoms with Crippen molar-refractivity contribution >= 4 is 5.69 Å². The van der Waals surface area contributed by atoms with Gasteiger partial charge in [0, 0.05) is 23.8 Å². The smallest absolute Gasteiger partial charge is 0.0342 e. The van der Waals surface area contributed by atoms with Gasteiger partial charge < -0.3 is 10.6 Å². The Bertz CT molecular complexity index is 324. The van der Waals surface area contributed by atoms with E-state index in [1.54, 1.807) is 0 Å². The van der Waals surface area contributed by atoms with Gasteiger partial charge in [0.05, 0.1) is 0 Å². The van der Waals surface area contributed by atoms with Crippen molar-refractivity contribution in [2.24, 2.45) is 0 Å². The van der Waals surface area contributed by atoms with E-state index in [4.69, 9.17) is 0 Å². The third-order valence-corrected chi connectivity index (χ3v) is 3.86. The second-order valence-electron chi connectivity index (χ2n) is 5.17. The molecule has 2 saturated heterocycles. The van der Waals surface area contributed by atoms with Gasteiger partial charge >= 0.3 is 0 Å². The van der Waals surface area contributed by atoms with Crippen LogP contribution in [0.3, 0.4) is 0 Å². The van der Waals surface area contributed by atoms with Crippen LogP contribution in [0.5, 0.6) is 0 Å². The highest BCUT2D eigenvalue weighted by atomic mass is 15.0. The Kier molecular flexibility index (Phi) is 2.83. The summed E-state index contributed by atoms with van der Waals surface area (Å²) >= 11 is 0. The van der Waals surface area contributed by atoms with Crippen LogP contribution < -0.4 is 10.6 Å². The van der Waals surface area contributed by atoms with E-state index in [9.17, 15) is 0 Å². The van der Waals surface area contributed by atoms with Crippen molar-refractivity contribution in [2.45, 2.75) is 50.2 Å².